The van der Waals surface area contributed by atoms with Gasteiger partial charge >= 0.3 is 6.09 Å². The maximum Gasteiger partial charge on any atom is 0.411 e. The van der Waals surface area contributed by atoms with E-state index in [1.54, 1.807) is 10.7 Å². The number of amides is 1. The molecule has 0 fully saturated rings. The summed E-state index contributed by atoms with van der Waals surface area (Å²) in [6, 6.07) is 13.3. The van der Waals surface area contributed by atoms with Gasteiger partial charge in [0.05, 0.1) is 23.5 Å². The van der Waals surface area contributed by atoms with Gasteiger partial charge in [-0.25, -0.2) is 4.79 Å². The molecule has 0 aliphatic carbocycles. The molecule has 7 heteroatoms. The van der Waals surface area contributed by atoms with Gasteiger partial charge in [0.2, 0.25) is 0 Å². The second kappa shape index (κ2) is 8.35. The molecule has 6 nitrogen and oxygen atoms in total. The van der Waals surface area contributed by atoms with Crippen molar-refractivity contribution in [2.45, 2.75) is 20.5 Å². The molecule has 1 amide bonds. The summed E-state index contributed by atoms with van der Waals surface area (Å²) in [6.45, 7) is 4.22. The zero-order valence-corrected chi connectivity index (χ0v) is 17.0. The molecule has 0 radical (unpaired) electrons. The van der Waals surface area contributed by atoms with E-state index in [1.165, 1.54) is 7.11 Å². The van der Waals surface area contributed by atoms with Crippen LogP contribution in [0.3, 0.4) is 0 Å². The fraction of sp³-hybridized carbons (Fsp3) is 0.238. The topological polar surface area (TPSA) is 65.4 Å². The van der Waals surface area contributed by atoms with Gasteiger partial charge in [0.15, 0.2) is 0 Å². The van der Waals surface area contributed by atoms with Gasteiger partial charge in [0, 0.05) is 18.2 Å². The quantitative estimate of drug-likeness (QED) is 0.647. The maximum absolute atomic E-state index is 11.5. The highest BCUT2D eigenvalue weighted by molar-refractivity contribution is 6.33. The number of ether oxygens (including phenoxy) is 2. The van der Waals surface area contributed by atoms with Crippen LogP contribution in [0.15, 0.2) is 42.5 Å². The summed E-state index contributed by atoms with van der Waals surface area (Å²) in [5.41, 5.74) is 5.08. The highest BCUT2D eigenvalue weighted by atomic mass is 35.5. The first-order valence-electron chi connectivity index (χ1n) is 8.76. The smallest absolute Gasteiger partial charge is 0.411 e. The van der Waals surface area contributed by atoms with Gasteiger partial charge < -0.3 is 9.47 Å². The van der Waals surface area contributed by atoms with Crippen LogP contribution in [-0.2, 0) is 18.4 Å². The molecule has 0 saturated carbocycles. The Morgan fingerprint density at radius 3 is 2.61 bits per heavy atom. The summed E-state index contributed by atoms with van der Waals surface area (Å²) >= 11 is 6.39. The standard InChI is InChI=1S/C21H22ClN3O3/c1-13-11-15(20-19(22)14(2)25(3)24-20)9-10-18(13)28-12-16-7-5-6-8-17(16)23-21(26)27-4/h5-11H,12H2,1-4H3,(H,23,26). The number of aromatic nitrogens is 2. The molecule has 1 aromatic heterocycles. The van der Waals surface area contributed by atoms with Gasteiger partial charge in [0.25, 0.3) is 0 Å². The third-order valence-corrected chi connectivity index (χ3v) is 4.98. The van der Waals surface area contributed by atoms with Crippen molar-refractivity contribution >= 4 is 23.4 Å². The molecule has 0 spiro atoms. The lowest BCUT2D eigenvalue weighted by Crippen LogP contribution is -2.13. The number of hydrogen-bond acceptors (Lipinski definition) is 4. The fourth-order valence-electron chi connectivity index (χ4n) is 2.81. The Kier molecular flexibility index (Phi) is 5.90. The minimum atomic E-state index is -0.518. The number of anilines is 1. The van der Waals surface area contributed by atoms with Crippen LogP contribution in [0.4, 0.5) is 10.5 Å². The minimum Gasteiger partial charge on any atom is -0.489 e. The normalized spacial score (nSPS) is 10.6. The van der Waals surface area contributed by atoms with Crippen LogP contribution in [0, 0.1) is 13.8 Å². The van der Waals surface area contributed by atoms with Crippen LogP contribution >= 0.6 is 11.6 Å². The van der Waals surface area contributed by atoms with E-state index in [4.69, 9.17) is 16.3 Å². The van der Waals surface area contributed by atoms with E-state index in [1.807, 2.05) is 57.3 Å². The van der Waals surface area contributed by atoms with Crippen molar-refractivity contribution in [2.24, 2.45) is 7.05 Å². The van der Waals surface area contributed by atoms with Crippen LogP contribution in [0.25, 0.3) is 11.3 Å². The first kappa shape index (κ1) is 19.8. The van der Waals surface area contributed by atoms with Crippen LogP contribution in [0.1, 0.15) is 16.8 Å². The number of para-hydroxylation sites is 1. The van der Waals surface area contributed by atoms with E-state index in [0.29, 0.717) is 17.3 Å². The zero-order chi connectivity index (χ0) is 20.3. The van der Waals surface area contributed by atoms with Crippen molar-refractivity contribution in [3.8, 4) is 17.0 Å². The van der Waals surface area contributed by atoms with E-state index in [-0.39, 0.29) is 0 Å². The highest BCUT2D eigenvalue weighted by Gasteiger charge is 2.14. The molecule has 1 N–H and O–H groups in total. The number of nitrogens with one attached hydrogen (secondary N) is 1. The van der Waals surface area contributed by atoms with Crippen molar-refractivity contribution in [1.29, 1.82) is 0 Å². The van der Waals surface area contributed by atoms with Gasteiger partial charge in [0.1, 0.15) is 18.1 Å². The van der Waals surface area contributed by atoms with Crippen molar-refractivity contribution < 1.29 is 14.3 Å². The average molecular weight is 400 g/mol. The van der Waals surface area contributed by atoms with Crippen molar-refractivity contribution in [2.75, 3.05) is 12.4 Å². The predicted molar refractivity (Wildman–Crippen MR) is 110 cm³/mol. The first-order chi connectivity index (χ1) is 13.4. The Labute approximate surface area is 169 Å². The van der Waals surface area contributed by atoms with Crippen LogP contribution in [0.2, 0.25) is 5.02 Å². The number of hydrogen-bond donors (Lipinski definition) is 1. The Balaban J connectivity index is 1.78. The number of carbonyl (C=O) groups is 1. The Morgan fingerprint density at radius 2 is 1.96 bits per heavy atom. The summed E-state index contributed by atoms with van der Waals surface area (Å²) in [5, 5.41) is 7.82. The highest BCUT2D eigenvalue weighted by Crippen LogP contribution is 2.32. The van der Waals surface area contributed by atoms with Crippen LogP contribution < -0.4 is 10.1 Å². The SMILES string of the molecule is COC(=O)Nc1ccccc1COc1ccc(-c2nn(C)c(C)c2Cl)cc1C. The van der Waals surface area contributed by atoms with Gasteiger partial charge in [-0.3, -0.25) is 10.00 Å². The summed E-state index contributed by atoms with van der Waals surface area (Å²) < 4.78 is 12.4. The number of methoxy groups -OCH3 is 1. The lowest BCUT2D eigenvalue weighted by Gasteiger charge is -2.13. The number of aryl methyl sites for hydroxylation is 2. The molecular weight excluding hydrogens is 378 g/mol. The van der Waals surface area contributed by atoms with Gasteiger partial charge in [-0.15, -0.1) is 0 Å². The van der Waals surface area contributed by atoms with Crippen molar-refractivity contribution in [3.05, 3.63) is 64.3 Å². The third kappa shape index (κ3) is 4.12. The van der Waals surface area contributed by atoms with E-state index in [0.717, 1.165) is 33.8 Å². The molecule has 0 unspecified atom stereocenters. The molecule has 146 valence electrons. The molecule has 0 aliphatic rings. The second-order valence-electron chi connectivity index (χ2n) is 6.41. The number of carbonyl (C=O) groups excluding carboxylic acids is 1. The number of nitrogens with zero attached hydrogens (tertiary/aromatic N) is 2. The molecule has 1 heterocycles. The Bertz CT molecular complexity index is 1010. The van der Waals surface area contributed by atoms with E-state index < -0.39 is 6.09 Å². The molecule has 0 aliphatic heterocycles. The minimum absolute atomic E-state index is 0.309. The lowest BCUT2D eigenvalue weighted by molar-refractivity contribution is 0.187. The van der Waals surface area contributed by atoms with Crippen LogP contribution in [-0.4, -0.2) is 23.0 Å². The summed E-state index contributed by atoms with van der Waals surface area (Å²) in [6.07, 6.45) is -0.518. The molecule has 0 saturated heterocycles. The monoisotopic (exact) mass is 399 g/mol. The Hall–Kier alpha value is -2.99. The Morgan fingerprint density at radius 1 is 1.21 bits per heavy atom. The molecule has 0 bridgehead atoms. The van der Waals surface area contributed by atoms with Gasteiger partial charge in [-0.2, -0.15) is 5.10 Å². The van der Waals surface area contributed by atoms with Crippen LogP contribution in [0.5, 0.6) is 5.75 Å². The fourth-order valence-corrected chi connectivity index (χ4v) is 3.08. The van der Waals surface area contributed by atoms with E-state index >= 15 is 0 Å². The number of halogens is 1. The first-order valence-corrected chi connectivity index (χ1v) is 9.14. The summed E-state index contributed by atoms with van der Waals surface area (Å²) in [7, 11) is 3.20. The number of benzene rings is 2. The second-order valence-corrected chi connectivity index (χ2v) is 6.79. The predicted octanol–water partition coefficient (Wildman–Crippen LogP) is 5.11. The van der Waals surface area contributed by atoms with E-state index in [2.05, 4.69) is 15.2 Å². The third-order valence-electron chi connectivity index (χ3n) is 4.53. The van der Waals surface area contributed by atoms with Gasteiger partial charge in [-0.05, 0) is 43.7 Å². The van der Waals surface area contributed by atoms with Crippen molar-refractivity contribution in [1.82, 2.24) is 9.78 Å². The molecule has 0 atom stereocenters. The summed E-state index contributed by atoms with van der Waals surface area (Å²) in [4.78, 5) is 11.5. The van der Waals surface area contributed by atoms with Gasteiger partial charge in [-0.1, -0.05) is 29.8 Å². The average Bonchev–Trinajstić information content (AvgIpc) is 2.95. The van der Waals surface area contributed by atoms with E-state index in [9.17, 15) is 4.79 Å². The molecule has 2 aromatic carbocycles. The number of rotatable bonds is 5. The molecule has 28 heavy (non-hydrogen) atoms. The molecule has 3 aromatic rings. The maximum atomic E-state index is 11.5. The summed E-state index contributed by atoms with van der Waals surface area (Å²) in [5.74, 6) is 0.750. The molecule has 3 rings (SSSR count). The van der Waals surface area contributed by atoms with Crippen molar-refractivity contribution in [3.63, 3.8) is 0 Å². The molecular formula is C21H22ClN3O3. The lowest BCUT2D eigenvalue weighted by atomic mass is 10.1. The zero-order valence-electron chi connectivity index (χ0n) is 16.2. The largest absolute Gasteiger partial charge is 0.489 e.